The van der Waals surface area contributed by atoms with Crippen LogP contribution in [0.3, 0.4) is 0 Å². The van der Waals surface area contributed by atoms with E-state index in [1.165, 1.54) is 0 Å². The first-order valence-electron chi connectivity index (χ1n) is 6.31. The van der Waals surface area contributed by atoms with E-state index >= 15 is 0 Å². The number of tetrazole rings is 1. The van der Waals surface area contributed by atoms with Gasteiger partial charge in [0, 0.05) is 18.8 Å². The predicted molar refractivity (Wildman–Crippen MR) is 74.4 cm³/mol. The minimum atomic E-state index is 0.140. The second-order valence-corrected chi connectivity index (χ2v) is 4.58. The minimum absolute atomic E-state index is 0.140. The van der Waals surface area contributed by atoms with Crippen molar-refractivity contribution in [3.05, 3.63) is 48.5 Å². The van der Waals surface area contributed by atoms with Crippen LogP contribution in [0.1, 0.15) is 18.5 Å². The molecular weight excluding hydrogens is 254 g/mol. The van der Waals surface area contributed by atoms with E-state index in [4.69, 9.17) is 0 Å². The molecular formula is C13H15N7. The second-order valence-electron chi connectivity index (χ2n) is 4.58. The first kappa shape index (κ1) is 12.3. The zero-order chi connectivity index (χ0) is 13.9. The molecule has 2 aromatic heterocycles. The van der Waals surface area contributed by atoms with Crippen LogP contribution in [0, 0.1) is 0 Å². The second kappa shape index (κ2) is 5.12. The lowest BCUT2D eigenvalue weighted by atomic mass is 10.1. The Labute approximate surface area is 116 Å². The van der Waals surface area contributed by atoms with Crippen LogP contribution >= 0.6 is 0 Å². The largest absolute Gasteiger partial charge is 0.377 e. The molecule has 3 aromatic rings. The predicted octanol–water partition coefficient (Wildman–Crippen LogP) is 1.57. The van der Waals surface area contributed by atoms with E-state index in [9.17, 15) is 0 Å². The Morgan fingerprint density at radius 2 is 2.10 bits per heavy atom. The van der Waals surface area contributed by atoms with Crippen molar-refractivity contribution in [3.63, 3.8) is 0 Å². The molecule has 0 bridgehead atoms. The van der Waals surface area contributed by atoms with Gasteiger partial charge in [-0.3, -0.25) is 4.68 Å². The third kappa shape index (κ3) is 2.37. The summed E-state index contributed by atoms with van der Waals surface area (Å²) in [5.41, 5.74) is 3.00. The molecule has 0 aliphatic heterocycles. The maximum Gasteiger partial charge on any atom is 0.143 e. The van der Waals surface area contributed by atoms with Gasteiger partial charge in [-0.05, 0) is 29.5 Å². The third-order valence-corrected chi connectivity index (χ3v) is 3.10. The summed E-state index contributed by atoms with van der Waals surface area (Å²) in [5.74, 6) is 0. The lowest BCUT2D eigenvalue weighted by Crippen LogP contribution is -2.09. The molecule has 0 saturated carbocycles. The quantitative estimate of drug-likeness (QED) is 0.778. The molecule has 1 unspecified atom stereocenters. The molecule has 20 heavy (non-hydrogen) atoms. The van der Waals surface area contributed by atoms with Gasteiger partial charge in [0.25, 0.3) is 0 Å². The fourth-order valence-corrected chi connectivity index (χ4v) is 2.05. The number of nitrogens with zero attached hydrogens (tertiary/aromatic N) is 6. The molecule has 0 amide bonds. The lowest BCUT2D eigenvalue weighted by Gasteiger charge is -2.16. The van der Waals surface area contributed by atoms with Crippen molar-refractivity contribution in [2.24, 2.45) is 7.05 Å². The van der Waals surface area contributed by atoms with Crippen molar-refractivity contribution in [3.8, 4) is 5.69 Å². The summed E-state index contributed by atoms with van der Waals surface area (Å²) in [6.07, 6.45) is 5.43. The van der Waals surface area contributed by atoms with Gasteiger partial charge in [-0.15, -0.1) is 5.10 Å². The van der Waals surface area contributed by atoms with Gasteiger partial charge < -0.3 is 5.32 Å². The molecule has 7 nitrogen and oxygen atoms in total. The Bertz CT molecular complexity index is 686. The van der Waals surface area contributed by atoms with Gasteiger partial charge in [0.15, 0.2) is 0 Å². The monoisotopic (exact) mass is 269 g/mol. The van der Waals surface area contributed by atoms with Crippen molar-refractivity contribution in [2.75, 3.05) is 5.32 Å². The highest BCUT2D eigenvalue weighted by Gasteiger charge is 2.11. The Balaban J connectivity index is 1.88. The van der Waals surface area contributed by atoms with Crippen LogP contribution in [-0.4, -0.2) is 30.0 Å². The van der Waals surface area contributed by atoms with Crippen molar-refractivity contribution >= 4 is 5.69 Å². The zero-order valence-electron chi connectivity index (χ0n) is 11.3. The molecule has 0 radical (unpaired) electrons. The minimum Gasteiger partial charge on any atom is -0.377 e. The summed E-state index contributed by atoms with van der Waals surface area (Å²) >= 11 is 0. The number of hydrogen-bond acceptors (Lipinski definition) is 5. The molecule has 1 atom stereocenters. The van der Waals surface area contributed by atoms with Crippen molar-refractivity contribution in [2.45, 2.75) is 13.0 Å². The van der Waals surface area contributed by atoms with E-state index in [2.05, 4.69) is 32.9 Å². The summed E-state index contributed by atoms with van der Waals surface area (Å²) in [5, 5.41) is 18.9. The van der Waals surface area contributed by atoms with E-state index in [1.807, 2.05) is 43.7 Å². The highest BCUT2D eigenvalue weighted by Crippen LogP contribution is 2.24. The summed E-state index contributed by atoms with van der Waals surface area (Å²) < 4.78 is 3.43. The van der Waals surface area contributed by atoms with Gasteiger partial charge in [-0.25, -0.2) is 0 Å². The molecule has 102 valence electrons. The van der Waals surface area contributed by atoms with Crippen LogP contribution in [0.15, 0.2) is 43.0 Å². The third-order valence-electron chi connectivity index (χ3n) is 3.10. The average molecular weight is 269 g/mol. The fourth-order valence-electron chi connectivity index (χ4n) is 2.05. The Morgan fingerprint density at radius 1 is 1.25 bits per heavy atom. The molecule has 0 fully saturated rings. The summed E-state index contributed by atoms with van der Waals surface area (Å²) in [4.78, 5) is 0. The van der Waals surface area contributed by atoms with Crippen LogP contribution < -0.4 is 5.32 Å². The molecule has 0 aliphatic carbocycles. The maximum absolute atomic E-state index is 4.19. The van der Waals surface area contributed by atoms with Crippen molar-refractivity contribution in [1.29, 1.82) is 0 Å². The van der Waals surface area contributed by atoms with Gasteiger partial charge in [-0.1, -0.05) is 12.1 Å². The molecule has 0 saturated heterocycles. The lowest BCUT2D eigenvalue weighted by molar-refractivity contribution is 0.764. The van der Waals surface area contributed by atoms with Gasteiger partial charge in [-0.2, -0.15) is 9.78 Å². The standard InChI is InChI=1S/C13H15N7/c1-10(11-7-15-19(2)8-11)16-12-5-3-4-6-13(12)20-9-14-17-18-20/h3-10,16H,1-2H3. The fraction of sp³-hybridized carbons (Fsp3) is 0.231. The number of para-hydroxylation sites is 2. The van der Waals surface area contributed by atoms with E-state index in [-0.39, 0.29) is 6.04 Å². The van der Waals surface area contributed by atoms with E-state index in [0.717, 1.165) is 16.9 Å². The molecule has 0 aliphatic rings. The zero-order valence-corrected chi connectivity index (χ0v) is 11.3. The first-order valence-corrected chi connectivity index (χ1v) is 6.31. The number of rotatable bonds is 4. The summed E-state index contributed by atoms with van der Waals surface area (Å²) in [6.45, 7) is 2.09. The van der Waals surface area contributed by atoms with E-state index in [0.29, 0.717) is 0 Å². The van der Waals surface area contributed by atoms with Crippen LogP contribution in [0.25, 0.3) is 5.69 Å². The number of benzene rings is 1. The molecule has 1 N–H and O–H groups in total. The molecule has 3 rings (SSSR count). The molecule has 7 heteroatoms. The van der Waals surface area contributed by atoms with Gasteiger partial charge in [0.2, 0.25) is 0 Å². The Hall–Kier alpha value is -2.70. The number of anilines is 1. The van der Waals surface area contributed by atoms with Gasteiger partial charge in [0.05, 0.1) is 23.6 Å². The Kier molecular flexibility index (Phi) is 3.16. The SMILES string of the molecule is CC(Nc1ccccc1-n1cnnn1)c1cnn(C)c1. The topological polar surface area (TPSA) is 73.5 Å². The van der Waals surface area contributed by atoms with E-state index < -0.39 is 0 Å². The Morgan fingerprint density at radius 3 is 2.80 bits per heavy atom. The van der Waals surface area contributed by atoms with Crippen LogP contribution in [0.4, 0.5) is 5.69 Å². The number of aromatic nitrogens is 6. The molecule has 2 heterocycles. The van der Waals surface area contributed by atoms with Crippen molar-refractivity contribution < 1.29 is 0 Å². The van der Waals surface area contributed by atoms with E-state index in [1.54, 1.807) is 15.7 Å². The average Bonchev–Trinajstić information content (AvgIpc) is 3.10. The molecule has 1 aromatic carbocycles. The normalized spacial score (nSPS) is 12.3. The first-order chi connectivity index (χ1) is 9.74. The smallest absolute Gasteiger partial charge is 0.143 e. The van der Waals surface area contributed by atoms with Crippen LogP contribution in [0.5, 0.6) is 0 Å². The number of aryl methyl sites for hydroxylation is 1. The highest BCUT2D eigenvalue weighted by atomic mass is 15.5. The van der Waals surface area contributed by atoms with Crippen molar-refractivity contribution in [1.82, 2.24) is 30.0 Å². The summed E-state index contributed by atoms with van der Waals surface area (Å²) in [7, 11) is 1.91. The summed E-state index contributed by atoms with van der Waals surface area (Å²) in [6, 6.07) is 8.04. The maximum atomic E-state index is 4.19. The van der Waals surface area contributed by atoms with Crippen LogP contribution in [0.2, 0.25) is 0 Å². The highest BCUT2D eigenvalue weighted by molar-refractivity contribution is 5.61. The van der Waals surface area contributed by atoms with Crippen LogP contribution in [-0.2, 0) is 7.05 Å². The van der Waals surface area contributed by atoms with Gasteiger partial charge in [0.1, 0.15) is 6.33 Å². The number of nitrogens with one attached hydrogen (secondary N) is 1. The molecule has 0 spiro atoms. The number of hydrogen-bond donors (Lipinski definition) is 1. The van der Waals surface area contributed by atoms with Gasteiger partial charge >= 0.3 is 0 Å².